The summed E-state index contributed by atoms with van der Waals surface area (Å²) in [5.41, 5.74) is 3.58. The second-order valence-electron chi connectivity index (χ2n) is 7.21. The highest BCUT2D eigenvalue weighted by atomic mass is 32.1. The van der Waals surface area contributed by atoms with Gasteiger partial charge in [0.1, 0.15) is 34.7 Å². The van der Waals surface area contributed by atoms with Crippen LogP contribution in [-0.4, -0.2) is 35.1 Å². The highest BCUT2D eigenvalue weighted by Gasteiger charge is 2.16. The van der Waals surface area contributed by atoms with E-state index >= 15 is 0 Å². The maximum Gasteiger partial charge on any atom is 0.182 e. The molecular weight excluding hydrogens is 406 g/mol. The molecule has 0 spiro atoms. The number of fused-ring (bicyclic) bond motifs is 9. The Balaban J connectivity index is 1.54. The normalized spacial score (nSPS) is 11.9. The van der Waals surface area contributed by atoms with E-state index in [1.54, 1.807) is 23.7 Å². The molecule has 0 fully saturated rings. The standard InChI is InChI=1S/C23H11N7S/c1-2-4-17-13(3-1)14-7-12(5-6-18(14)31-17)23-28-21-19-15(8-24-10-26-19)16-9-25-11-27-20(16)22(21)29-30-23/h1-11H. The van der Waals surface area contributed by atoms with Crippen molar-refractivity contribution in [2.75, 3.05) is 0 Å². The fourth-order valence-corrected chi connectivity index (χ4v) is 5.16. The molecule has 4 aromatic heterocycles. The first-order valence-electron chi connectivity index (χ1n) is 9.64. The summed E-state index contributed by atoms with van der Waals surface area (Å²) in [6.07, 6.45) is 6.53. The van der Waals surface area contributed by atoms with Crippen molar-refractivity contribution in [3.8, 4) is 11.4 Å². The highest BCUT2D eigenvalue weighted by molar-refractivity contribution is 7.25. The number of thiophene rings is 1. The molecule has 0 saturated heterocycles. The van der Waals surface area contributed by atoms with Crippen LogP contribution < -0.4 is 0 Å². The zero-order valence-electron chi connectivity index (χ0n) is 15.9. The maximum absolute atomic E-state index is 4.87. The zero-order chi connectivity index (χ0) is 20.4. The van der Waals surface area contributed by atoms with E-state index in [1.807, 2.05) is 6.07 Å². The lowest BCUT2D eigenvalue weighted by Gasteiger charge is -2.07. The first-order valence-corrected chi connectivity index (χ1v) is 10.5. The van der Waals surface area contributed by atoms with Crippen LogP contribution in [0.3, 0.4) is 0 Å². The lowest BCUT2D eigenvalue weighted by Crippen LogP contribution is -1.98. The Morgan fingerprint density at radius 1 is 0.613 bits per heavy atom. The molecule has 144 valence electrons. The van der Waals surface area contributed by atoms with Gasteiger partial charge < -0.3 is 0 Å². The van der Waals surface area contributed by atoms with Crippen LogP contribution in [0.5, 0.6) is 0 Å². The van der Waals surface area contributed by atoms with Crippen LogP contribution >= 0.6 is 11.3 Å². The number of nitrogens with zero attached hydrogens (tertiary/aromatic N) is 7. The molecule has 0 radical (unpaired) electrons. The van der Waals surface area contributed by atoms with Gasteiger partial charge in [-0.15, -0.1) is 21.5 Å². The van der Waals surface area contributed by atoms with Gasteiger partial charge in [0.05, 0.1) is 0 Å². The number of hydrogen-bond donors (Lipinski definition) is 0. The van der Waals surface area contributed by atoms with E-state index in [0.29, 0.717) is 27.9 Å². The molecule has 0 aliphatic carbocycles. The van der Waals surface area contributed by atoms with Gasteiger partial charge in [-0.1, -0.05) is 18.2 Å². The van der Waals surface area contributed by atoms with Crippen molar-refractivity contribution in [2.45, 2.75) is 0 Å². The molecule has 7 nitrogen and oxygen atoms in total. The average Bonchev–Trinajstić information content (AvgIpc) is 3.22. The summed E-state index contributed by atoms with van der Waals surface area (Å²) in [5.74, 6) is 0.554. The molecule has 7 aromatic rings. The van der Waals surface area contributed by atoms with Crippen LogP contribution in [-0.2, 0) is 0 Å². The quantitative estimate of drug-likeness (QED) is 0.349. The number of hydrogen-bond acceptors (Lipinski definition) is 8. The third-order valence-electron chi connectivity index (χ3n) is 5.48. The van der Waals surface area contributed by atoms with Crippen molar-refractivity contribution < 1.29 is 0 Å². The first kappa shape index (κ1) is 16.6. The summed E-state index contributed by atoms with van der Waals surface area (Å²) in [7, 11) is 0. The second kappa shape index (κ2) is 6.16. The topological polar surface area (TPSA) is 90.2 Å². The average molecular weight is 417 g/mol. The Morgan fingerprint density at radius 2 is 1.35 bits per heavy atom. The number of rotatable bonds is 1. The maximum atomic E-state index is 4.87. The van der Waals surface area contributed by atoms with Crippen molar-refractivity contribution in [3.63, 3.8) is 0 Å². The van der Waals surface area contributed by atoms with Crippen molar-refractivity contribution in [2.24, 2.45) is 0 Å². The first-order chi connectivity index (χ1) is 15.4. The van der Waals surface area contributed by atoms with E-state index in [9.17, 15) is 0 Å². The minimum absolute atomic E-state index is 0.554. The van der Waals surface area contributed by atoms with E-state index in [1.165, 1.54) is 32.8 Å². The Kier molecular flexibility index (Phi) is 3.30. The molecule has 0 saturated carbocycles. The molecular formula is C23H11N7S. The van der Waals surface area contributed by atoms with Crippen molar-refractivity contribution in [1.29, 1.82) is 0 Å². The monoisotopic (exact) mass is 417 g/mol. The third-order valence-corrected chi connectivity index (χ3v) is 6.64. The summed E-state index contributed by atoms with van der Waals surface area (Å²) in [6, 6.07) is 14.7. The smallest absolute Gasteiger partial charge is 0.182 e. The summed E-state index contributed by atoms with van der Waals surface area (Å²) < 4.78 is 2.50. The van der Waals surface area contributed by atoms with E-state index in [4.69, 9.17) is 4.98 Å². The lowest BCUT2D eigenvalue weighted by atomic mass is 10.1. The number of benzene rings is 3. The van der Waals surface area contributed by atoms with Gasteiger partial charge in [-0.3, -0.25) is 0 Å². The Hall–Kier alpha value is -4.17. The molecule has 0 aliphatic heterocycles. The molecule has 8 heteroatoms. The van der Waals surface area contributed by atoms with Crippen molar-refractivity contribution in [1.82, 2.24) is 35.1 Å². The molecule has 0 unspecified atom stereocenters. The molecule has 31 heavy (non-hydrogen) atoms. The SMILES string of the molecule is c1ccc2c(c1)sc1ccc(-c3nnc4c5ncncc5c5cncnc5c4n3)cc12. The second-order valence-corrected chi connectivity index (χ2v) is 8.30. The van der Waals surface area contributed by atoms with Crippen LogP contribution in [0.1, 0.15) is 0 Å². The molecule has 0 aliphatic rings. The Labute approximate surface area is 178 Å². The van der Waals surface area contributed by atoms with E-state index in [0.717, 1.165) is 16.3 Å². The van der Waals surface area contributed by atoms with Gasteiger partial charge >= 0.3 is 0 Å². The van der Waals surface area contributed by atoms with Gasteiger partial charge in [0.25, 0.3) is 0 Å². The van der Waals surface area contributed by atoms with Gasteiger partial charge in [0.15, 0.2) is 5.82 Å². The van der Waals surface area contributed by atoms with Crippen LogP contribution in [0, 0.1) is 0 Å². The van der Waals surface area contributed by atoms with E-state index < -0.39 is 0 Å². The van der Waals surface area contributed by atoms with Crippen molar-refractivity contribution in [3.05, 3.63) is 67.5 Å². The fourth-order valence-electron chi connectivity index (χ4n) is 4.07. The molecule has 0 atom stereocenters. The summed E-state index contributed by atoms with van der Waals surface area (Å²) in [4.78, 5) is 22.1. The predicted octanol–water partition coefficient (Wildman–Crippen LogP) is 4.95. The Bertz CT molecular complexity index is 1770. The van der Waals surface area contributed by atoms with Crippen LogP contribution in [0.4, 0.5) is 0 Å². The molecule has 0 bridgehead atoms. The molecule has 7 rings (SSSR count). The Morgan fingerprint density at radius 3 is 2.19 bits per heavy atom. The van der Waals surface area contributed by atoms with E-state index in [2.05, 4.69) is 66.5 Å². The predicted molar refractivity (Wildman–Crippen MR) is 122 cm³/mol. The minimum Gasteiger partial charge on any atom is -0.244 e. The lowest BCUT2D eigenvalue weighted by molar-refractivity contribution is 1.03. The van der Waals surface area contributed by atoms with Crippen LogP contribution in [0.15, 0.2) is 67.5 Å². The fraction of sp³-hybridized carbons (Fsp3) is 0. The van der Waals surface area contributed by atoms with Gasteiger partial charge in [-0.25, -0.2) is 24.9 Å². The number of aromatic nitrogens is 7. The highest BCUT2D eigenvalue weighted by Crippen LogP contribution is 2.36. The summed E-state index contributed by atoms with van der Waals surface area (Å²) >= 11 is 1.78. The third kappa shape index (κ3) is 2.36. The van der Waals surface area contributed by atoms with Crippen LogP contribution in [0.2, 0.25) is 0 Å². The molecule has 3 aromatic carbocycles. The van der Waals surface area contributed by atoms with Crippen molar-refractivity contribution >= 4 is 64.3 Å². The van der Waals surface area contributed by atoms with Gasteiger partial charge in [0, 0.05) is 48.9 Å². The molecule has 4 heterocycles. The van der Waals surface area contributed by atoms with Gasteiger partial charge in [-0.05, 0) is 24.3 Å². The summed E-state index contributed by atoms with van der Waals surface area (Å²) in [6.45, 7) is 0. The van der Waals surface area contributed by atoms with Gasteiger partial charge in [-0.2, -0.15) is 0 Å². The van der Waals surface area contributed by atoms with Crippen LogP contribution in [0.25, 0.3) is 64.4 Å². The zero-order valence-corrected chi connectivity index (χ0v) is 16.7. The van der Waals surface area contributed by atoms with E-state index in [-0.39, 0.29) is 0 Å². The van der Waals surface area contributed by atoms with Gasteiger partial charge in [0.2, 0.25) is 0 Å². The summed E-state index contributed by atoms with van der Waals surface area (Å²) in [5, 5.41) is 13.1. The molecule has 0 amide bonds. The molecule has 0 N–H and O–H groups in total. The largest absolute Gasteiger partial charge is 0.244 e. The minimum atomic E-state index is 0.554.